The van der Waals surface area contributed by atoms with Gasteiger partial charge in [0.05, 0.1) is 4.88 Å². The van der Waals surface area contributed by atoms with Gasteiger partial charge in [0.15, 0.2) is 5.82 Å². The number of hydrogen-bond donors (Lipinski definition) is 1. The van der Waals surface area contributed by atoms with Crippen molar-refractivity contribution >= 4 is 17.3 Å². The highest BCUT2D eigenvalue weighted by atomic mass is 32.1. The second kappa shape index (κ2) is 5.32. The van der Waals surface area contributed by atoms with Gasteiger partial charge >= 0.3 is 5.97 Å². The highest BCUT2D eigenvalue weighted by Gasteiger charge is 2.20. The molecule has 0 fully saturated rings. The number of thiophene rings is 1. The summed E-state index contributed by atoms with van der Waals surface area (Å²) in [5.41, 5.74) is 1.41. The molecule has 2 aromatic heterocycles. The first-order valence-electron chi connectivity index (χ1n) is 6.73. The van der Waals surface area contributed by atoms with E-state index in [1.165, 1.54) is 16.9 Å². The van der Waals surface area contributed by atoms with Crippen LogP contribution < -0.4 is 0 Å². The Hall–Kier alpha value is -1.76. The molecule has 0 aliphatic heterocycles. The molecular weight excluding hydrogens is 276 g/mol. The smallest absolute Gasteiger partial charge is 0.303 e. The normalized spacial score (nSPS) is 15.2. The van der Waals surface area contributed by atoms with Gasteiger partial charge in [0, 0.05) is 17.8 Å². The third kappa shape index (κ3) is 2.58. The molecular formula is C13H16N4O2S. The van der Waals surface area contributed by atoms with Crippen LogP contribution in [0.1, 0.15) is 30.2 Å². The predicted molar refractivity (Wildman–Crippen MR) is 74.6 cm³/mol. The van der Waals surface area contributed by atoms with Crippen LogP contribution in [0.5, 0.6) is 0 Å². The summed E-state index contributed by atoms with van der Waals surface area (Å²) in [5, 5.41) is 20.6. The van der Waals surface area contributed by atoms with Gasteiger partial charge in [-0.3, -0.25) is 4.79 Å². The van der Waals surface area contributed by atoms with Gasteiger partial charge < -0.3 is 5.11 Å². The van der Waals surface area contributed by atoms with Gasteiger partial charge in [0.1, 0.15) is 0 Å². The van der Waals surface area contributed by atoms with Crippen LogP contribution in [0.2, 0.25) is 0 Å². The van der Waals surface area contributed by atoms with Crippen molar-refractivity contribution in [2.45, 2.75) is 39.2 Å². The zero-order valence-electron chi connectivity index (χ0n) is 11.2. The number of carbonyl (C=O) groups is 1. The first-order valence-corrected chi connectivity index (χ1v) is 7.55. The summed E-state index contributed by atoms with van der Waals surface area (Å²) in [4.78, 5) is 13.3. The molecule has 0 spiro atoms. The predicted octanol–water partition coefficient (Wildman–Crippen LogP) is 2.00. The van der Waals surface area contributed by atoms with Gasteiger partial charge in [-0.05, 0) is 47.2 Å². The number of carboxylic acid groups (broad SMARTS) is 1. The molecule has 0 saturated carbocycles. The Balaban J connectivity index is 1.80. The van der Waals surface area contributed by atoms with Gasteiger partial charge in [-0.1, -0.05) is 6.92 Å². The van der Waals surface area contributed by atoms with E-state index in [-0.39, 0.29) is 12.3 Å². The second-order valence-electron chi connectivity index (χ2n) is 5.30. The molecule has 1 aliphatic carbocycles. The minimum absolute atomic E-state index is 0.00144. The van der Waals surface area contributed by atoms with E-state index in [9.17, 15) is 4.79 Å². The minimum atomic E-state index is -0.790. The first-order chi connectivity index (χ1) is 9.63. The molecule has 7 heteroatoms. The van der Waals surface area contributed by atoms with Crippen molar-refractivity contribution < 1.29 is 9.90 Å². The molecule has 20 heavy (non-hydrogen) atoms. The zero-order chi connectivity index (χ0) is 14.1. The minimum Gasteiger partial charge on any atom is -0.481 e. The fourth-order valence-electron chi connectivity index (χ4n) is 2.60. The standard InChI is InChI=1S/C13H16N4O2S/c1-8(5-12(18)19)7-17-13(14-15-16-17)11-6-9-3-2-4-10(9)20-11/h6,8H,2-5,7H2,1H3,(H,18,19). The van der Waals surface area contributed by atoms with Crippen molar-refractivity contribution in [2.75, 3.05) is 0 Å². The SMILES string of the molecule is CC(CC(=O)O)Cn1nnnc1-c1cc2c(s1)CCC2. The lowest BCUT2D eigenvalue weighted by atomic mass is 10.1. The highest BCUT2D eigenvalue weighted by Crippen LogP contribution is 2.35. The maximum absolute atomic E-state index is 10.7. The van der Waals surface area contributed by atoms with E-state index >= 15 is 0 Å². The third-order valence-corrected chi connectivity index (χ3v) is 4.74. The molecule has 0 aromatic carbocycles. The van der Waals surface area contributed by atoms with E-state index in [4.69, 9.17) is 5.11 Å². The molecule has 0 radical (unpaired) electrons. The molecule has 0 amide bonds. The van der Waals surface area contributed by atoms with Crippen LogP contribution in [0.4, 0.5) is 0 Å². The van der Waals surface area contributed by atoms with E-state index in [0.29, 0.717) is 6.54 Å². The van der Waals surface area contributed by atoms with Gasteiger partial charge in [0.25, 0.3) is 0 Å². The molecule has 1 unspecified atom stereocenters. The Morgan fingerprint density at radius 2 is 2.40 bits per heavy atom. The van der Waals surface area contributed by atoms with E-state index in [2.05, 4.69) is 21.6 Å². The van der Waals surface area contributed by atoms with Crippen molar-refractivity contribution in [3.63, 3.8) is 0 Å². The summed E-state index contributed by atoms with van der Waals surface area (Å²) < 4.78 is 1.72. The quantitative estimate of drug-likeness (QED) is 0.911. The van der Waals surface area contributed by atoms with Gasteiger partial charge in [-0.2, -0.15) is 0 Å². The maximum atomic E-state index is 10.7. The number of aryl methyl sites for hydroxylation is 2. The number of nitrogens with zero attached hydrogens (tertiary/aromatic N) is 4. The number of rotatable bonds is 5. The first kappa shape index (κ1) is 13.2. The van der Waals surface area contributed by atoms with E-state index in [1.54, 1.807) is 16.0 Å². The van der Waals surface area contributed by atoms with Crippen LogP contribution >= 0.6 is 11.3 Å². The monoisotopic (exact) mass is 292 g/mol. The van der Waals surface area contributed by atoms with E-state index < -0.39 is 5.97 Å². The third-order valence-electron chi connectivity index (χ3n) is 3.51. The number of fused-ring (bicyclic) bond motifs is 1. The summed E-state index contributed by atoms with van der Waals surface area (Å²) in [5.74, 6) is -0.0366. The number of hydrogen-bond acceptors (Lipinski definition) is 5. The Kier molecular flexibility index (Phi) is 3.52. The maximum Gasteiger partial charge on any atom is 0.303 e. The van der Waals surface area contributed by atoms with Gasteiger partial charge in [-0.15, -0.1) is 16.4 Å². The zero-order valence-corrected chi connectivity index (χ0v) is 12.1. The van der Waals surface area contributed by atoms with Crippen molar-refractivity contribution in [2.24, 2.45) is 5.92 Å². The second-order valence-corrected chi connectivity index (χ2v) is 6.44. The van der Waals surface area contributed by atoms with Crippen LogP contribution in [-0.4, -0.2) is 31.3 Å². The van der Waals surface area contributed by atoms with Crippen LogP contribution in [0.15, 0.2) is 6.07 Å². The fourth-order valence-corrected chi connectivity index (χ4v) is 3.84. The Morgan fingerprint density at radius 1 is 1.55 bits per heavy atom. The Labute approximate surface area is 120 Å². The lowest BCUT2D eigenvalue weighted by Crippen LogP contribution is -2.13. The molecule has 2 aromatic rings. The average Bonchev–Trinajstić information content (AvgIpc) is 2.99. The van der Waals surface area contributed by atoms with E-state index in [0.717, 1.165) is 23.5 Å². The molecule has 0 saturated heterocycles. The molecule has 3 rings (SSSR count). The van der Waals surface area contributed by atoms with Crippen molar-refractivity contribution in [3.8, 4) is 10.7 Å². The highest BCUT2D eigenvalue weighted by molar-refractivity contribution is 7.15. The lowest BCUT2D eigenvalue weighted by molar-refractivity contribution is -0.138. The summed E-state index contributed by atoms with van der Waals surface area (Å²) in [6.45, 7) is 2.42. The summed E-state index contributed by atoms with van der Waals surface area (Å²) in [7, 11) is 0. The summed E-state index contributed by atoms with van der Waals surface area (Å²) in [6, 6.07) is 2.18. The molecule has 1 aliphatic rings. The Bertz CT molecular complexity index is 613. The molecule has 1 N–H and O–H groups in total. The average molecular weight is 292 g/mol. The Morgan fingerprint density at radius 3 is 3.15 bits per heavy atom. The molecule has 106 valence electrons. The van der Waals surface area contributed by atoms with Crippen molar-refractivity contribution in [1.29, 1.82) is 0 Å². The molecule has 0 bridgehead atoms. The fraction of sp³-hybridized carbons (Fsp3) is 0.538. The van der Waals surface area contributed by atoms with Crippen LogP contribution in [0.25, 0.3) is 10.7 Å². The van der Waals surface area contributed by atoms with Crippen molar-refractivity contribution in [3.05, 3.63) is 16.5 Å². The number of aromatic nitrogens is 4. The number of aliphatic carboxylic acids is 1. The van der Waals surface area contributed by atoms with Gasteiger partial charge in [-0.25, -0.2) is 4.68 Å². The van der Waals surface area contributed by atoms with Crippen LogP contribution in [0.3, 0.4) is 0 Å². The number of tetrazole rings is 1. The topological polar surface area (TPSA) is 80.9 Å². The molecule has 1 atom stereocenters. The van der Waals surface area contributed by atoms with Crippen LogP contribution in [0, 0.1) is 5.92 Å². The summed E-state index contributed by atoms with van der Waals surface area (Å²) in [6.07, 6.45) is 3.65. The molecule has 2 heterocycles. The lowest BCUT2D eigenvalue weighted by Gasteiger charge is -2.09. The van der Waals surface area contributed by atoms with Gasteiger partial charge in [0.2, 0.25) is 0 Å². The molecule has 6 nitrogen and oxygen atoms in total. The van der Waals surface area contributed by atoms with Crippen molar-refractivity contribution in [1.82, 2.24) is 20.2 Å². The number of carboxylic acids is 1. The summed E-state index contributed by atoms with van der Waals surface area (Å²) >= 11 is 1.76. The van der Waals surface area contributed by atoms with Crippen LogP contribution in [-0.2, 0) is 24.2 Å². The van der Waals surface area contributed by atoms with E-state index in [1.807, 2.05) is 6.92 Å². The largest absolute Gasteiger partial charge is 0.481 e.